The minimum Gasteiger partial charge on any atom is -0.468 e. The summed E-state index contributed by atoms with van der Waals surface area (Å²) in [5, 5.41) is 7.27. The predicted molar refractivity (Wildman–Crippen MR) is 76.0 cm³/mol. The number of ether oxygens (including phenoxy) is 1. The van der Waals surface area contributed by atoms with Crippen LogP contribution >= 0.6 is 11.6 Å². The van der Waals surface area contributed by atoms with Crippen molar-refractivity contribution in [2.75, 3.05) is 12.4 Å². The lowest BCUT2D eigenvalue weighted by Crippen LogP contribution is -2.30. The Balaban J connectivity index is 2.13. The van der Waals surface area contributed by atoms with Crippen LogP contribution in [0.15, 0.2) is 11.0 Å². The summed E-state index contributed by atoms with van der Waals surface area (Å²) < 4.78 is 5.50. The number of hydrogen-bond acceptors (Lipinski definition) is 5. The van der Waals surface area contributed by atoms with Crippen LogP contribution in [-0.2, 0) is 16.1 Å². The van der Waals surface area contributed by atoms with Gasteiger partial charge in [0.15, 0.2) is 0 Å². The molecule has 6 nitrogen and oxygen atoms in total. The van der Waals surface area contributed by atoms with Gasteiger partial charge in [-0.1, -0.05) is 30.9 Å². The van der Waals surface area contributed by atoms with Gasteiger partial charge >= 0.3 is 5.97 Å². The number of esters is 1. The maximum atomic E-state index is 12.0. The monoisotopic (exact) mass is 299 g/mol. The molecule has 1 aliphatic rings. The van der Waals surface area contributed by atoms with Crippen molar-refractivity contribution in [3.05, 3.63) is 21.6 Å². The van der Waals surface area contributed by atoms with Crippen molar-refractivity contribution in [2.45, 2.75) is 44.7 Å². The molecule has 0 aliphatic heterocycles. The smallest absolute Gasteiger partial charge is 0.327 e. The van der Waals surface area contributed by atoms with Crippen LogP contribution in [0.25, 0.3) is 0 Å². The minimum atomic E-state index is -0.538. The van der Waals surface area contributed by atoms with Gasteiger partial charge in [-0.15, -0.1) is 0 Å². The molecule has 1 saturated carbocycles. The molecule has 0 unspecified atom stereocenters. The van der Waals surface area contributed by atoms with Crippen LogP contribution in [0.3, 0.4) is 0 Å². The predicted octanol–water partition coefficient (Wildman–Crippen LogP) is 1.81. The van der Waals surface area contributed by atoms with Crippen LogP contribution in [0.2, 0.25) is 5.02 Å². The molecule has 0 bridgehead atoms. The highest BCUT2D eigenvalue weighted by Crippen LogP contribution is 2.23. The van der Waals surface area contributed by atoms with Gasteiger partial charge in [-0.05, 0) is 12.8 Å². The van der Waals surface area contributed by atoms with Crippen molar-refractivity contribution < 1.29 is 9.53 Å². The first-order valence-electron chi connectivity index (χ1n) is 6.71. The number of anilines is 1. The third kappa shape index (κ3) is 3.50. The van der Waals surface area contributed by atoms with Gasteiger partial charge < -0.3 is 10.1 Å². The van der Waals surface area contributed by atoms with E-state index in [9.17, 15) is 9.59 Å². The molecule has 1 N–H and O–H groups in total. The highest BCUT2D eigenvalue weighted by Gasteiger charge is 2.17. The molecule has 0 spiro atoms. The zero-order chi connectivity index (χ0) is 14.5. The first kappa shape index (κ1) is 14.8. The van der Waals surface area contributed by atoms with Crippen molar-refractivity contribution in [1.82, 2.24) is 9.78 Å². The first-order valence-corrected chi connectivity index (χ1v) is 7.08. The molecule has 1 aromatic rings. The SMILES string of the molecule is COC(=O)Cn1ncc(NC2CCCCC2)c(Cl)c1=O. The fraction of sp³-hybridized carbons (Fsp3) is 0.615. The summed E-state index contributed by atoms with van der Waals surface area (Å²) in [4.78, 5) is 23.2. The Morgan fingerprint density at radius 3 is 2.85 bits per heavy atom. The number of methoxy groups -OCH3 is 1. The highest BCUT2D eigenvalue weighted by atomic mass is 35.5. The van der Waals surface area contributed by atoms with Crippen LogP contribution in [0.1, 0.15) is 32.1 Å². The van der Waals surface area contributed by atoms with Gasteiger partial charge in [-0.2, -0.15) is 5.10 Å². The van der Waals surface area contributed by atoms with Crippen LogP contribution in [0.5, 0.6) is 0 Å². The molecule has 2 rings (SSSR count). The average Bonchev–Trinajstić information content (AvgIpc) is 2.48. The van der Waals surface area contributed by atoms with Gasteiger partial charge in [0, 0.05) is 6.04 Å². The van der Waals surface area contributed by atoms with Gasteiger partial charge in [-0.3, -0.25) is 9.59 Å². The van der Waals surface area contributed by atoms with Crippen molar-refractivity contribution in [1.29, 1.82) is 0 Å². The number of hydrogen-bond donors (Lipinski definition) is 1. The van der Waals surface area contributed by atoms with E-state index in [1.165, 1.54) is 32.6 Å². The molecule has 0 aromatic carbocycles. The number of nitrogens with zero attached hydrogens (tertiary/aromatic N) is 2. The normalized spacial score (nSPS) is 15.9. The van der Waals surface area contributed by atoms with Gasteiger partial charge in [0.05, 0.1) is 19.0 Å². The number of carbonyl (C=O) groups excluding carboxylic acids is 1. The van der Waals surface area contributed by atoms with E-state index >= 15 is 0 Å². The Kier molecular flexibility index (Phi) is 5.00. The molecule has 0 radical (unpaired) electrons. The Morgan fingerprint density at radius 1 is 1.50 bits per heavy atom. The van der Waals surface area contributed by atoms with Crippen molar-refractivity contribution >= 4 is 23.3 Å². The van der Waals surface area contributed by atoms with Gasteiger partial charge in [0.1, 0.15) is 11.6 Å². The van der Waals surface area contributed by atoms with E-state index < -0.39 is 11.5 Å². The fourth-order valence-corrected chi connectivity index (χ4v) is 2.53. The molecule has 0 atom stereocenters. The molecule has 7 heteroatoms. The average molecular weight is 300 g/mol. The fourth-order valence-electron chi connectivity index (χ4n) is 2.33. The lowest BCUT2D eigenvalue weighted by molar-refractivity contribution is -0.141. The Labute approximate surface area is 122 Å². The van der Waals surface area contributed by atoms with E-state index in [0.717, 1.165) is 17.5 Å². The standard InChI is InChI=1S/C13H18ClN3O3/c1-20-11(18)8-17-13(19)12(14)10(7-15-17)16-9-5-3-2-4-6-9/h7,9,16H,2-6,8H2,1H3. The molecule has 110 valence electrons. The van der Waals surface area contributed by atoms with Crippen molar-refractivity contribution in [3.8, 4) is 0 Å². The molecule has 1 aromatic heterocycles. The number of carbonyl (C=O) groups is 1. The summed E-state index contributed by atoms with van der Waals surface area (Å²) in [7, 11) is 1.26. The number of halogens is 1. The first-order chi connectivity index (χ1) is 9.61. The maximum Gasteiger partial charge on any atom is 0.327 e. The van der Waals surface area contributed by atoms with E-state index in [1.54, 1.807) is 0 Å². The summed E-state index contributed by atoms with van der Waals surface area (Å²) in [6.07, 6.45) is 7.25. The molecular weight excluding hydrogens is 282 g/mol. The van der Waals surface area contributed by atoms with Crippen LogP contribution in [0, 0.1) is 0 Å². The highest BCUT2D eigenvalue weighted by molar-refractivity contribution is 6.32. The van der Waals surface area contributed by atoms with Crippen LogP contribution in [0.4, 0.5) is 5.69 Å². The van der Waals surface area contributed by atoms with Gasteiger partial charge in [0.25, 0.3) is 5.56 Å². The minimum absolute atomic E-state index is 0.0643. The Bertz CT molecular complexity index is 538. The van der Waals surface area contributed by atoms with Crippen LogP contribution in [-0.4, -0.2) is 28.9 Å². The van der Waals surface area contributed by atoms with E-state index in [0.29, 0.717) is 11.7 Å². The Hall–Kier alpha value is -1.56. The number of nitrogens with one attached hydrogen (secondary N) is 1. The zero-order valence-electron chi connectivity index (χ0n) is 11.4. The quantitative estimate of drug-likeness (QED) is 0.859. The maximum absolute atomic E-state index is 12.0. The zero-order valence-corrected chi connectivity index (χ0v) is 12.2. The summed E-state index contributed by atoms with van der Waals surface area (Å²) in [6, 6.07) is 0.332. The number of aromatic nitrogens is 2. The largest absolute Gasteiger partial charge is 0.468 e. The van der Waals surface area contributed by atoms with Crippen LogP contribution < -0.4 is 10.9 Å². The van der Waals surface area contributed by atoms with E-state index in [2.05, 4.69) is 15.2 Å². The summed E-state index contributed by atoms with van der Waals surface area (Å²) >= 11 is 6.06. The van der Waals surface area contributed by atoms with Gasteiger partial charge in [0.2, 0.25) is 0 Å². The Morgan fingerprint density at radius 2 is 2.20 bits per heavy atom. The third-order valence-corrected chi connectivity index (χ3v) is 3.82. The summed E-state index contributed by atoms with van der Waals surface area (Å²) in [5.74, 6) is -0.538. The topological polar surface area (TPSA) is 73.2 Å². The van der Waals surface area contributed by atoms with Crippen molar-refractivity contribution in [2.24, 2.45) is 0 Å². The molecular formula is C13H18ClN3O3. The molecule has 1 aliphatic carbocycles. The molecule has 1 fully saturated rings. The third-order valence-electron chi connectivity index (χ3n) is 3.46. The van der Waals surface area contributed by atoms with E-state index in [-0.39, 0.29) is 11.6 Å². The molecule has 0 saturated heterocycles. The molecule has 20 heavy (non-hydrogen) atoms. The second kappa shape index (κ2) is 6.74. The second-order valence-corrected chi connectivity index (χ2v) is 5.27. The molecule has 0 amide bonds. The van der Waals surface area contributed by atoms with E-state index in [4.69, 9.17) is 11.6 Å². The van der Waals surface area contributed by atoms with E-state index in [1.807, 2.05) is 0 Å². The lowest BCUT2D eigenvalue weighted by Gasteiger charge is -2.24. The lowest BCUT2D eigenvalue weighted by atomic mass is 9.95. The summed E-state index contributed by atoms with van der Waals surface area (Å²) in [6.45, 7) is -0.237. The molecule has 1 heterocycles. The second-order valence-electron chi connectivity index (χ2n) is 4.89. The summed E-state index contributed by atoms with van der Waals surface area (Å²) in [5.41, 5.74) is 0.0440. The number of rotatable bonds is 4. The van der Waals surface area contributed by atoms with Crippen molar-refractivity contribution in [3.63, 3.8) is 0 Å². The van der Waals surface area contributed by atoms with Gasteiger partial charge in [-0.25, -0.2) is 4.68 Å².